The molecular formula is C12H18N6. The van der Waals surface area contributed by atoms with Crippen LogP contribution >= 0.6 is 0 Å². The Labute approximate surface area is 106 Å². The molecule has 3 rings (SSSR count). The average Bonchev–Trinajstić information content (AvgIpc) is 3.04. The second-order valence-electron chi connectivity index (χ2n) is 5.00. The molecule has 2 aromatic rings. The molecule has 18 heavy (non-hydrogen) atoms. The number of hydrogen-bond acceptors (Lipinski definition) is 4. The minimum absolute atomic E-state index is 0.483. The third-order valence-corrected chi connectivity index (χ3v) is 3.73. The number of rotatable bonds is 3. The number of nitrogens with zero attached hydrogens (tertiary/aromatic N) is 5. The van der Waals surface area contributed by atoms with E-state index in [9.17, 15) is 0 Å². The minimum atomic E-state index is 0.483. The predicted octanol–water partition coefficient (Wildman–Crippen LogP) is 1.45. The first-order valence-corrected chi connectivity index (χ1v) is 6.43. The Morgan fingerprint density at radius 1 is 1.39 bits per heavy atom. The smallest absolute Gasteiger partial charge is 0.175 e. The molecule has 96 valence electrons. The summed E-state index contributed by atoms with van der Waals surface area (Å²) >= 11 is 0. The van der Waals surface area contributed by atoms with Crippen LogP contribution in [0.25, 0.3) is 11.4 Å². The molecule has 0 aromatic carbocycles. The van der Waals surface area contributed by atoms with Crippen molar-refractivity contribution in [2.75, 3.05) is 5.73 Å². The van der Waals surface area contributed by atoms with Gasteiger partial charge < -0.3 is 5.73 Å². The van der Waals surface area contributed by atoms with Crippen molar-refractivity contribution in [3.8, 4) is 11.4 Å². The molecule has 0 bridgehead atoms. The van der Waals surface area contributed by atoms with E-state index in [1.807, 2.05) is 17.8 Å². The van der Waals surface area contributed by atoms with Gasteiger partial charge in [0.25, 0.3) is 0 Å². The van der Waals surface area contributed by atoms with Gasteiger partial charge in [-0.15, -0.1) is 5.10 Å². The van der Waals surface area contributed by atoms with E-state index in [1.165, 1.54) is 25.7 Å². The molecule has 0 spiro atoms. The van der Waals surface area contributed by atoms with E-state index in [4.69, 9.17) is 5.73 Å². The topological polar surface area (TPSA) is 74.6 Å². The van der Waals surface area contributed by atoms with Gasteiger partial charge in [0.1, 0.15) is 5.69 Å². The van der Waals surface area contributed by atoms with Crippen LogP contribution < -0.4 is 5.73 Å². The van der Waals surface area contributed by atoms with Crippen molar-refractivity contribution in [3.63, 3.8) is 0 Å². The van der Waals surface area contributed by atoms with E-state index in [0.29, 0.717) is 11.7 Å². The van der Waals surface area contributed by atoms with Crippen LogP contribution in [0.1, 0.15) is 25.7 Å². The number of hydrogen-bond donors (Lipinski definition) is 1. The van der Waals surface area contributed by atoms with Crippen molar-refractivity contribution in [2.45, 2.75) is 32.2 Å². The van der Waals surface area contributed by atoms with Crippen LogP contribution in [-0.2, 0) is 13.6 Å². The number of nitrogens with two attached hydrogens (primary N) is 1. The fourth-order valence-corrected chi connectivity index (χ4v) is 2.76. The van der Waals surface area contributed by atoms with Gasteiger partial charge >= 0.3 is 0 Å². The first-order chi connectivity index (χ1) is 8.75. The van der Waals surface area contributed by atoms with Gasteiger partial charge in [0.2, 0.25) is 0 Å². The fourth-order valence-electron chi connectivity index (χ4n) is 2.76. The highest BCUT2D eigenvalue weighted by atomic mass is 15.5. The Kier molecular flexibility index (Phi) is 2.77. The maximum absolute atomic E-state index is 5.94. The first kappa shape index (κ1) is 11.3. The maximum Gasteiger partial charge on any atom is 0.175 e. The Balaban J connectivity index is 1.93. The van der Waals surface area contributed by atoms with Gasteiger partial charge in [0, 0.05) is 19.8 Å². The molecular weight excluding hydrogens is 228 g/mol. The molecule has 0 amide bonds. The zero-order valence-electron chi connectivity index (χ0n) is 10.6. The fraction of sp³-hybridized carbons (Fsp3) is 0.583. The summed E-state index contributed by atoms with van der Waals surface area (Å²) in [4.78, 5) is 0. The zero-order valence-corrected chi connectivity index (χ0v) is 10.6. The first-order valence-electron chi connectivity index (χ1n) is 6.43. The van der Waals surface area contributed by atoms with Gasteiger partial charge in [-0.05, 0) is 24.8 Å². The van der Waals surface area contributed by atoms with E-state index < -0.39 is 0 Å². The molecule has 0 radical (unpaired) electrons. The molecule has 1 aliphatic carbocycles. The predicted molar refractivity (Wildman–Crippen MR) is 68.6 cm³/mol. The third-order valence-electron chi connectivity index (χ3n) is 3.73. The third kappa shape index (κ3) is 1.87. The maximum atomic E-state index is 5.94. The van der Waals surface area contributed by atoms with Crippen molar-refractivity contribution in [1.82, 2.24) is 24.8 Å². The van der Waals surface area contributed by atoms with Crippen LogP contribution in [0.5, 0.6) is 0 Å². The van der Waals surface area contributed by atoms with E-state index in [-0.39, 0.29) is 0 Å². The Morgan fingerprint density at radius 3 is 2.83 bits per heavy atom. The molecule has 2 heterocycles. The van der Waals surface area contributed by atoms with Crippen LogP contribution in [0, 0.1) is 5.92 Å². The lowest BCUT2D eigenvalue weighted by Crippen LogP contribution is -2.11. The summed E-state index contributed by atoms with van der Waals surface area (Å²) in [5.41, 5.74) is 7.80. The molecule has 0 unspecified atom stereocenters. The second kappa shape index (κ2) is 4.44. The SMILES string of the molecule is Cn1nccc1-c1c(N)nnn1CC1CCCC1. The van der Waals surface area contributed by atoms with Crippen molar-refractivity contribution < 1.29 is 0 Å². The quantitative estimate of drug-likeness (QED) is 0.889. The van der Waals surface area contributed by atoms with Gasteiger partial charge in [-0.1, -0.05) is 18.1 Å². The summed E-state index contributed by atoms with van der Waals surface area (Å²) in [6.45, 7) is 0.907. The van der Waals surface area contributed by atoms with E-state index in [2.05, 4.69) is 15.4 Å². The molecule has 2 aromatic heterocycles. The van der Waals surface area contributed by atoms with E-state index in [1.54, 1.807) is 10.9 Å². The van der Waals surface area contributed by atoms with Gasteiger partial charge in [-0.2, -0.15) is 5.10 Å². The van der Waals surface area contributed by atoms with E-state index in [0.717, 1.165) is 17.9 Å². The Bertz CT molecular complexity index is 535. The standard InChI is InChI=1S/C12H18N6/c1-17-10(6-7-14-17)11-12(13)15-16-18(11)8-9-4-2-3-5-9/h6-7,9H,2-5,8,13H2,1H3. The summed E-state index contributed by atoms with van der Waals surface area (Å²) < 4.78 is 3.74. The molecule has 1 fully saturated rings. The van der Waals surface area contributed by atoms with Crippen LogP contribution in [0.15, 0.2) is 12.3 Å². The zero-order chi connectivity index (χ0) is 12.5. The summed E-state index contributed by atoms with van der Waals surface area (Å²) in [6, 6.07) is 1.94. The lowest BCUT2D eigenvalue weighted by molar-refractivity contribution is 0.423. The number of aryl methyl sites for hydroxylation is 1. The number of nitrogen functional groups attached to an aromatic ring is 1. The molecule has 1 saturated carbocycles. The lowest BCUT2D eigenvalue weighted by Gasteiger charge is -2.11. The van der Waals surface area contributed by atoms with Crippen LogP contribution in [-0.4, -0.2) is 24.8 Å². The molecule has 1 aliphatic rings. The van der Waals surface area contributed by atoms with Gasteiger partial charge in [-0.3, -0.25) is 4.68 Å². The summed E-state index contributed by atoms with van der Waals surface area (Å²) in [5, 5.41) is 12.4. The summed E-state index contributed by atoms with van der Waals surface area (Å²) in [5.74, 6) is 1.19. The van der Waals surface area contributed by atoms with Gasteiger partial charge in [0.15, 0.2) is 5.82 Å². The Morgan fingerprint density at radius 2 is 2.17 bits per heavy atom. The highest BCUT2D eigenvalue weighted by Crippen LogP contribution is 2.29. The van der Waals surface area contributed by atoms with Crippen molar-refractivity contribution in [2.24, 2.45) is 13.0 Å². The van der Waals surface area contributed by atoms with Crippen molar-refractivity contribution >= 4 is 5.82 Å². The number of aromatic nitrogens is 5. The summed E-state index contributed by atoms with van der Waals surface area (Å²) in [7, 11) is 1.90. The molecule has 0 aliphatic heterocycles. The molecule has 0 saturated heterocycles. The van der Waals surface area contributed by atoms with Gasteiger partial charge in [-0.25, -0.2) is 4.68 Å². The minimum Gasteiger partial charge on any atom is -0.380 e. The summed E-state index contributed by atoms with van der Waals surface area (Å²) in [6.07, 6.45) is 6.99. The van der Waals surface area contributed by atoms with Crippen LogP contribution in [0.4, 0.5) is 5.82 Å². The van der Waals surface area contributed by atoms with Gasteiger partial charge in [0.05, 0.1) is 5.69 Å². The van der Waals surface area contributed by atoms with Crippen molar-refractivity contribution in [3.05, 3.63) is 12.3 Å². The van der Waals surface area contributed by atoms with Crippen LogP contribution in [0.3, 0.4) is 0 Å². The number of anilines is 1. The van der Waals surface area contributed by atoms with Crippen LogP contribution in [0.2, 0.25) is 0 Å². The second-order valence-corrected chi connectivity index (χ2v) is 5.00. The monoisotopic (exact) mass is 246 g/mol. The molecule has 6 nitrogen and oxygen atoms in total. The molecule has 2 N–H and O–H groups in total. The normalized spacial score (nSPS) is 16.5. The molecule has 0 atom stereocenters. The average molecular weight is 246 g/mol. The Hall–Kier alpha value is -1.85. The largest absolute Gasteiger partial charge is 0.380 e. The van der Waals surface area contributed by atoms with E-state index >= 15 is 0 Å². The lowest BCUT2D eigenvalue weighted by atomic mass is 10.1. The molecule has 6 heteroatoms. The van der Waals surface area contributed by atoms with Crippen molar-refractivity contribution in [1.29, 1.82) is 0 Å². The highest BCUT2D eigenvalue weighted by Gasteiger charge is 2.21. The highest BCUT2D eigenvalue weighted by molar-refractivity contribution is 5.66.